The Bertz CT molecular complexity index is 499. The SMILES string of the molecule is CCCCSc1nc(N)cc(N2CCC(O)(CN(C)C)C2)n1. The van der Waals surface area contributed by atoms with Crippen LogP contribution in [0.5, 0.6) is 0 Å². The minimum absolute atomic E-state index is 0.493. The van der Waals surface area contributed by atoms with Gasteiger partial charge in [0.2, 0.25) is 0 Å². The molecule has 6 nitrogen and oxygen atoms in total. The van der Waals surface area contributed by atoms with Gasteiger partial charge in [-0.3, -0.25) is 0 Å². The van der Waals surface area contributed by atoms with Crippen LogP contribution in [0.15, 0.2) is 11.2 Å². The Kier molecular flexibility index (Phi) is 5.88. The molecule has 0 bridgehead atoms. The number of hydrogen-bond donors (Lipinski definition) is 2. The molecule has 1 aromatic heterocycles. The van der Waals surface area contributed by atoms with Crippen LogP contribution in [-0.4, -0.2) is 65.1 Å². The molecule has 124 valence electrons. The highest BCUT2D eigenvalue weighted by molar-refractivity contribution is 7.99. The maximum Gasteiger partial charge on any atom is 0.191 e. The largest absolute Gasteiger partial charge is 0.387 e. The van der Waals surface area contributed by atoms with E-state index in [1.54, 1.807) is 17.8 Å². The van der Waals surface area contributed by atoms with E-state index in [0.717, 1.165) is 42.5 Å². The van der Waals surface area contributed by atoms with Gasteiger partial charge in [0.15, 0.2) is 5.16 Å². The van der Waals surface area contributed by atoms with Gasteiger partial charge in [-0.05, 0) is 26.9 Å². The fourth-order valence-electron chi connectivity index (χ4n) is 2.73. The zero-order chi connectivity index (χ0) is 16.2. The summed E-state index contributed by atoms with van der Waals surface area (Å²) in [6.07, 6.45) is 3.05. The van der Waals surface area contributed by atoms with E-state index in [2.05, 4.69) is 21.8 Å². The summed E-state index contributed by atoms with van der Waals surface area (Å²) in [5, 5.41) is 11.4. The van der Waals surface area contributed by atoms with Crippen LogP contribution >= 0.6 is 11.8 Å². The standard InChI is InChI=1S/C15H27N5OS/c1-4-5-8-22-14-17-12(16)9-13(18-14)20-7-6-15(21,11-20)10-19(2)3/h9,21H,4-8,10-11H2,1-3H3,(H2,16,17,18). The van der Waals surface area contributed by atoms with Crippen LogP contribution in [0.2, 0.25) is 0 Å². The van der Waals surface area contributed by atoms with E-state index < -0.39 is 5.60 Å². The highest BCUT2D eigenvalue weighted by Crippen LogP contribution is 2.28. The minimum atomic E-state index is -0.682. The number of nitrogen functional groups attached to an aromatic ring is 1. The molecule has 3 N–H and O–H groups in total. The number of unbranched alkanes of at least 4 members (excludes halogenated alkanes) is 1. The molecular formula is C15H27N5OS. The second-order valence-electron chi connectivity index (χ2n) is 6.27. The third-order valence-electron chi connectivity index (χ3n) is 3.71. The van der Waals surface area contributed by atoms with E-state index in [4.69, 9.17) is 5.73 Å². The van der Waals surface area contributed by atoms with Gasteiger partial charge >= 0.3 is 0 Å². The van der Waals surface area contributed by atoms with Crippen LogP contribution in [0.3, 0.4) is 0 Å². The molecule has 22 heavy (non-hydrogen) atoms. The topological polar surface area (TPSA) is 78.5 Å². The first-order valence-corrected chi connectivity index (χ1v) is 8.80. The Morgan fingerprint density at radius 2 is 2.23 bits per heavy atom. The summed E-state index contributed by atoms with van der Waals surface area (Å²) < 4.78 is 0. The summed E-state index contributed by atoms with van der Waals surface area (Å²) in [5.41, 5.74) is 5.24. The van der Waals surface area contributed by atoms with Crippen molar-refractivity contribution in [3.05, 3.63) is 6.07 Å². The number of likely N-dealkylation sites (N-methyl/N-ethyl adjacent to an activating group) is 1. The summed E-state index contributed by atoms with van der Waals surface area (Å²) in [6.45, 7) is 4.20. The van der Waals surface area contributed by atoms with Crippen molar-refractivity contribution in [3.8, 4) is 0 Å². The maximum atomic E-state index is 10.6. The highest BCUT2D eigenvalue weighted by atomic mass is 32.2. The first-order chi connectivity index (χ1) is 10.4. The van der Waals surface area contributed by atoms with Crippen molar-refractivity contribution in [2.24, 2.45) is 0 Å². The summed E-state index contributed by atoms with van der Waals surface area (Å²) in [6, 6.07) is 1.80. The number of β-amino-alcohol motifs (C(OH)–C–C–N with tert-alkyl or cyclic N) is 1. The molecule has 1 aliphatic heterocycles. The van der Waals surface area contributed by atoms with Gasteiger partial charge in [0.25, 0.3) is 0 Å². The van der Waals surface area contributed by atoms with Gasteiger partial charge in [0, 0.05) is 31.5 Å². The lowest BCUT2D eigenvalue weighted by atomic mass is 10.0. The smallest absolute Gasteiger partial charge is 0.191 e. The predicted octanol–water partition coefficient (Wildman–Crippen LogP) is 1.45. The van der Waals surface area contributed by atoms with Gasteiger partial charge < -0.3 is 20.6 Å². The Morgan fingerprint density at radius 1 is 1.45 bits per heavy atom. The summed E-state index contributed by atoms with van der Waals surface area (Å²) >= 11 is 1.64. The van der Waals surface area contributed by atoms with Crippen molar-refractivity contribution in [2.45, 2.75) is 36.9 Å². The van der Waals surface area contributed by atoms with Gasteiger partial charge in [0.05, 0.1) is 5.60 Å². The first kappa shape index (κ1) is 17.3. The van der Waals surface area contributed by atoms with Crippen LogP contribution < -0.4 is 10.6 Å². The number of rotatable bonds is 7. The van der Waals surface area contributed by atoms with Crippen LogP contribution in [0.1, 0.15) is 26.2 Å². The van der Waals surface area contributed by atoms with E-state index in [1.165, 1.54) is 0 Å². The zero-order valence-corrected chi connectivity index (χ0v) is 14.6. The van der Waals surface area contributed by atoms with Gasteiger partial charge in [-0.1, -0.05) is 25.1 Å². The third-order valence-corrected chi connectivity index (χ3v) is 4.64. The Morgan fingerprint density at radius 3 is 2.91 bits per heavy atom. The van der Waals surface area contributed by atoms with Crippen molar-refractivity contribution >= 4 is 23.4 Å². The molecule has 0 aliphatic carbocycles. The minimum Gasteiger partial charge on any atom is -0.387 e. The average molecular weight is 325 g/mol. The molecule has 0 amide bonds. The number of aromatic nitrogens is 2. The molecular weight excluding hydrogens is 298 g/mol. The van der Waals surface area contributed by atoms with Crippen molar-refractivity contribution in [3.63, 3.8) is 0 Å². The molecule has 1 saturated heterocycles. The molecule has 0 spiro atoms. The van der Waals surface area contributed by atoms with Gasteiger partial charge in [-0.25, -0.2) is 9.97 Å². The van der Waals surface area contributed by atoms with Crippen molar-refractivity contribution in [1.29, 1.82) is 0 Å². The molecule has 0 saturated carbocycles. The molecule has 2 heterocycles. The summed E-state index contributed by atoms with van der Waals surface area (Å²) in [5.74, 6) is 2.32. The normalized spacial score (nSPS) is 21.8. The average Bonchev–Trinajstić information content (AvgIpc) is 2.80. The number of nitrogens with zero attached hydrogens (tertiary/aromatic N) is 4. The summed E-state index contributed by atoms with van der Waals surface area (Å²) in [4.78, 5) is 13.0. The molecule has 1 fully saturated rings. The fraction of sp³-hybridized carbons (Fsp3) is 0.733. The molecule has 7 heteroatoms. The molecule has 0 radical (unpaired) electrons. The monoisotopic (exact) mass is 325 g/mol. The molecule has 1 unspecified atom stereocenters. The fourth-order valence-corrected chi connectivity index (χ4v) is 3.68. The van der Waals surface area contributed by atoms with Crippen molar-refractivity contribution in [2.75, 3.05) is 50.1 Å². The molecule has 1 aliphatic rings. The van der Waals surface area contributed by atoms with Gasteiger partial charge in [0.1, 0.15) is 11.6 Å². The first-order valence-electron chi connectivity index (χ1n) is 7.81. The lowest BCUT2D eigenvalue weighted by Crippen LogP contribution is -2.42. The Labute approximate surface area is 137 Å². The van der Waals surface area contributed by atoms with E-state index in [1.807, 2.05) is 19.0 Å². The van der Waals surface area contributed by atoms with Gasteiger partial charge in [-0.15, -0.1) is 0 Å². The molecule has 1 aromatic rings. The molecule has 1 atom stereocenters. The van der Waals surface area contributed by atoms with Crippen molar-refractivity contribution < 1.29 is 5.11 Å². The number of thioether (sulfide) groups is 1. The maximum absolute atomic E-state index is 10.6. The van der Waals surface area contributed by atoms with Crippen LogP contribution in [0, 0.1) is 0 Å². The van der Waals surface area contributed by atoms with E-state index in [0.29, 0.717) is 18.9 Å². The molecule has 2 rings (SSSR count). The number of aliphatic hydroxyl groups is 1. The van der Waals surface area contributed by atoms with Crippen molar-refractivity contribution in [1.82, 2.24) is 14.9 Å². The van der Waals surface area contributed by atoms with E-state index >= 15 is 0 Å². The predicted molar refractivity (Wildman–Crippen MR) is 92.4 cm³/mol. The van der Waals surface area contributed by atoms with E-state index in [9.17, 15) is 5.11 Å². The summed E-state index contributed by atoms with van der Waals surface area (Å²) in [7, 11) is 3.96. The Balaban J connectivity index is 2.06. The molecule has 0 aromatic carbocycles. The number of anilines is 2. The number of nitrogens with two attached hydrogens (primary N) is 1. The van der Waals surface area contributed by atoms with Crippen LogP contribution in [-0.2, 0) is 0 Å². The van der Waals surface area contributed by atoms with Crippen LogP contribution in [0.25, 0.3) is 0 Å². The highest BCUT2D eigenvalue weighted by Gasteiger charge is 2.37. The quantitative estimate of drug-likeness (QED) is 0.446. The Hall–Kier alpha value is -1.05. The third kappa shape index (κ3) is 4.72. The lowest BCUT2D eigenvalue weighted by molar-refractivity contribution is 0.0365. The lowest BCUT2D eigenvalue weighted by Gasteiger charge is -2.27. The van der Waals surface area contributed by atoms with E-state index in [-0.39, 0.29) is 0 Å². The second-order valence-corrected chi connectivity index (χ2v) is 7.33. The number of hydrogen-bond acceptors (Lipinski definition) is 7. The van der Waals surface area contributed by atoms with Crippen LogP contribution in [0.4, 0.5) is 11.6 Å². The van der Waals surface area contributed by atoms with Gasteiger partial charge in [-0.2, -0.15) is 0 Å². The zero-order valence-electron chi connectivity index (χ0n) is 13.7. The second kappa shape index (κ2) is 7.48.